The molecule has 1 heterocycles. The van der Waals surface area contributed by atoms with Crippen LogP contribution in [0.25, 0.3) is 0 Å². The topological polar surface area (TPSA) is 27.0 Å². The van der Waals surface area contributed by atoms with Crippen molar-refractivity contribution in [2.24, 2.45) is 0 Å². The zero-order valence-corrected chi connectivity index (χ0v) is 12.4. The first kappa shape index (κ1) is 13.9. The fourth-order valence-electron chi connectivity index (χ4n) is 3.30. The maximum absolute atomic E-state index is 9.12. The predicted molar refractivity (Wildman–Crippen MR) is 84.7 cm³/mol. The van der Waals surface area contributed by atoms with Crippen LogP contribution in [0.5, 0.6) is 0 Å². The zero-order valence-electron chi connectivity index (χ0n) is 12.4. The van der Waals surface area contributed by atoms with Gasteiger partial charge in [-0.05, 0) is 23.6 Å². The van der Waals surface area contributed by atoms with Crippen molar-refractivity contribution in [3.63, 3.8) is 0 Å². The summed E-state index contributed by atoms with van der Waals surface area (Å²) in [5.41, 5.74) is 4.07. The molecule has 0 fully saturated rings. The van der Waals surface area contributed by atoms with Gasteiger partial charge in [-0.3, -0.25) is 4.90 Å². The number of nitriles is 1. The van der Waals surface area contributed by atoms with Crippen LogP contribution in [-0.2, 0) is 6.54 Å². The van der Waals surface area contributed by atoms with Gasteiger partial charge >= 0.3 is 0 Å². The molecular weight excluding hydrogens is 256 g/mol. The van der Waals surface area contributed by atoms with Crippen LogP contribution in [0, 0.1) is 11.3 Å². The standard InChI is InChI=1S/C19H20N2/c1-15-18-9-5-6-10-19(18)17(11-12-20)14-21(15)13-16-7-3-2-4-8-16/h2-10,15,17H,11,13-14H2,1H3. The van der Waals surface area contributed by atoms with Crippen LogP contribution >= 0.6 is 0 Å². The van der Waals surface area contributed by atoms with E-state index in [-0.39, 0.29) is 0 Å². The fraction of sp³-hybridized carbons (Fsp3) is 0.316. The van der Waals surface area contributed by atoms with Gasteiger partial charge in [-0.25, -0.2) is 0 Å². The van der Waals surface area contributed by atoms with E-state index in [1.165, 1.54) is 16.7 Å². The van der Waals surface area contributed by atoms with Crippen LogP contribution in [0.1, 0.15) is 42.0 Å². The average molecular weight is 276 g/mol. The van der Waals surface area contributed by atoms with Crippen LogP contribution in [0.15, 0.2) is 54.6 Å². The van der Waals surface area contributed by atoms with E-state index in [1.54, 1.807) is 0 Å². The van der Waals surface area contributed by atoms with E-state index < -0.39 is 0 Å². The number of fused-ring (bicyclic) bond motifs is 1. The summed E-state index contributed by atoms with van der Waals surface area (Å²) >= 11 is 0. The highest BCUT2D eigenvalue weighted by Crippen LogP contribution is 2.37. The predicted octanol–water partition coefficient (Wildman–Crippen LogP) is 4.26. The lowest BCUT2D eigenvalue weighted by atomic mass is 9.84. The van der Waals surface area contributed by atoms with Gasteiger partial charge in [-0.1, -0.05) is 54.6 Å². The molecule has 2 heteroatoms. The molecule has 106 valence electrons. The zero-order chi connectivity index (χ0) is 14.7. The van der Waals surface area contributed by atoms with E-state index in [0.29, 0.717) is 18.4 Å². The van der Waals surface area contributed by atoms with E-state index in [4.69, 9.17) is 5.26 Å². The molecule has 0 N–H and O–H groups in total. The van der Waals surface area contributed by atoms with Crippen molar-refractivity contribution in [3.8, 4) is 6.07 Å². The van der Waals surface area contributed by atoms with Gasteiger partial charge in [0.1, 0.15) is 0 Å². The van der Waals surface area contributed by atoms with Crippen molar-refractivity contribution in [3.05, 3.63) is 71.3 Å². The maximum Gasteiger partial charge on any atom is 0.0628 e. The van der Waals surface area contributed by atoms with Crippen LogP contribution < -0.4 is 0 Å². The summed E-state index contributed by atoms with van der Waals surface area (Å²) in [5.74, 6) is 0.325. The minimum Gasteiger partial charge on any atom is -0.292 e. The highest BCUT2D eigenvalue weighted by atomic mass is 15.2. The van der Waals surface area contributed by atoms with E-state index in [1.807, 2.05) is 0 Å². The Morgan fingerprint density at radius 1 is 1.05 bits per heavy atom. The second kappa shape index (κ2) is 6.11. The molecule has 2 atom stereocenters. The summed E-state index contributed by atoms with van der Waals surface area (Å²) in [5, 5.41) is 9.12. The first-order valence-electron chi connectivity index (χ1n) is 7.53. The van der Waals surface area contributed by atoms with Gasteiger partial charge < -0.3 is 0 Å². The van der Waals surface area contributed by atoms with Gasteiger partial charge in [0.15, 0.2) is 0 Å². The van der Waals surface area contributed by atoms with Crippen LogP contribution in [0.4, 0.5) is 0 Å². The lowest BCUT2D eigenvalue weighted by Gasteiger charge is -2.39. The van der Waals surface area contributed by atoms with Gasteiger partial charge in [-0.2, -0.15) is 5.26 Å². The molecule has 0 aliphatic carbocycles. The Morgan fingerprint density at radius 3 is 2.43 bits per heavy atom. The number of benzene rings is 2. The quantitative estimate of drug-likeness (QED) is 0.837. The van der Waals surface area contributed by atoms with Crippen molar-refractivity contribution in [2.45, 2.75) is 31.8 Å². The smallest absolute Gasteiger partial charge is 0.0628 e. The maximum atomic E-state index is 9.12. The fourth-order valence-corrected chi connectivity index (χ4v) is 3.30. The minimum absolute atomic E-state index is 0.325. The van der Waals surface area contributed by atoms with Crippen LogP contribution in [-0.4, -0.2) is 11.4 Å². The molecule has 2 nitrogen and oxygen atoms in total. The van der Waals surface area contributed by atoms with Crippen molar-refractivity contribution in [1.29, 1.82) is 5.26 Å². The molecule has 21 heavy (non-hydrogen) atoms. The number of hydrogen-bond acceptors (Lipinski definition) is 2. The third kappa shape index (κ3) is 2.84. The first-order chi connectivity index (χ1) is 10.3. The molecule has 0 amide bonds. The van der Waals surface area contributed by atoms with Crippen molar-refractivity contribution in [2.75, 3.05) is 6.54 Å². The summed E-state index contributed by atoms with van der Waals surface area (Å²) in [6, 6.07) is 21.9. The second-order valence-corrected chi connectivity index (χ2v) is 5.78. The molecule has 1 aliphatic heterocycles. The van der Waals surface area contributed by atoms with Gasteiger partial charge in [0.05, 0.1) is 6.07 Å². The molecule has 2 unspecified atom stereocenters. The second-order valence-electron chi connectivity index (χ2n) is 5.78. The van der Waals surface area contributed by atoms with Gasteiger partial charge in [-0.15, -0.1) is 0 Å². The van der Waals surface area contributed by atoms with Gasteiger partial charge in [0.2, 0.25) is 0 Å². The largest absolute Gasteiger partial charge is 0.292 e. The molecular formula is C19H20N2. The van der Waals surface area contributed by atoms with Crippen LogP contribution in [0.3, 0.4) is 0 Å². The van der Waals surface area contributed by atoms with E-state index >= 15 is 0 Å². The van der Waals surface area contributed by atoms with Crippen molar-refractivity contribution in [1.82, 2.24) is 4.90 Å². The Bertz CT molecular complexity index is 642. The Labute approximate surface area is 126 Å². The molecule has 0 radical (unpaired) electrons. The highest BCUT2D eigenvalue weighted by Gasteiger charge is 2.29. The first-order valence-corrected chi connectivity index (χ1v) is 7.53. The Kier molecular flexibility index (Phi) is 4.03. The van der Waals surface area contributed by atoms with Gasteiger partial charge in [0.25, 0.3) is 0 Å². The third-order valence-corrected chi connectivity index (χ3v) is 4.45. The average Bonchev–Trinajstić information content (AvgIpc) is 2.53. The number of rotatable bonds is 3. The molecule has 0 aromatic heterocycles. The molecule has 0 saturated heterocycles. The minimum atomic E-state index is 0.325. The SMILES string of the molecule is CC1c2ccccc2C(CC#N)CN1Cc1ccccc1. The molecule has 0 saturated carbocycles. The molecule has 3 rings (SSSR count). The van der Waals surface area contributed by atoms with Crippen molar-refractivity contribution >= 4 is 0 Å². The lowest BCUT2D eigenvalue weighted by Crippen LogP contribution is -2.36. The Hall–Kier alpha value is -2.11. The van der Waals surface area contributed by atoms with Crippen molar-refractivity contribution < 1.29 is 0 Å². The summed E-state index contributed by atoms with van der Waals surface area (Å²) in [4.78, 5) is 2.49. The van der Waals surface area contributed by atoms with E-state index in [2.05, 4.69) is 72.5 Å². The summed E-state index contributed by atoms with van der Waals surface area (Å²) in [6.07, 6.45) is 0.592. The molecule has 0 bridgehead atoms. The highest BCUT2D eigenvalue weighted by molar-refractivity contribution is 5.36. The Balaban J connectivity index is 1.89. The monoisotopic (exact) mass is 276 g/mol. The Morgan fingerprint density at radius 2 is 1.71 bits per heavy atom. The van der Waals surface area contributed by atoms with Crippen LogP contribution in [0.2, 0.25) is 0 Å². The van der Waals surface area contributed by atoms with E-state index in [9.17, 15) is 0 Å². The van der Waals surface area contributed by atoms with Gasteiger partial charge in [0, 0.05) is 31.5 Å². The molecule has 1 aliphatic rings. The summed E-state index contributed by atoms with van der Waals surface area (Å²) in [6.45, 7) is 4.17. The third-order valence-electron chi connectivity index (χ3n) is 4.45. The molecule has 2 aromatic rings. The molecule has 0 spiro atoms. The molecule has 2 aromatic carbocycles. The number of nitrogens with zero attached hydrogens (tertiary/aromatic N) is 2. The normalized spacial score (nSPS) is 21.5. The lowest BCUT2D eigenvalue weighted by molar-refractivity contribution is 0.171. The number of hydrogen-bond donors (Lipinski definition) is 0. The summed E-state index contributed by atoms with van der Waals surface area (Å²) in [7, 11) is 0. The summed E-state index contributed by atoms with van der Waals surface area (Å²) < 4.78 is 0. The van der Waals surface area contributed by atoms with E-state index in [0.717, 1.165) is 13.1 Å².